The quantitative estimate of drug-likeness (QED) is 0.853. The number of carboxylic acid groups (broad SMARTS) is 1. The lowest BCUT2D eigenvalue weighted by atomic mass is 10.3. The Morgan fingerprint density at radius 3 is 2.50 bits per heavy atom. The summed E-state index contributed by atoms with van der Waals surface area (Å²) < 4.78 is 4.86. The van der Waals surface area contributed by atoms with E-state index in [-0.39, 0.29) is 0 Å². The van der Waals surface area contributed by atoms with Gasteiger partial charge in [0.25, 0.3) is 0 Å². The van der Waals surface area contributed by atoms with Crippen LogP contribution < -0.4 is 4.74 Å². The number of carboxylic acids is 1. The summed E-state index contributed by atoms with van der Waals surface area (Å²) in [4.78, 5) is 19.0. The Kier molecular flexibility index (Phi) is 7.33. The van der Waals surface area contributed by atoms with Crippen LogP contribution in [0.5, 0.6) is 5.75 Å². The van der Waals surface area contributed by atoms with Crippen LogP contribution in [0.3, 0.4) is 0 Å². The van der Waals surface area contributed by atoms with Crippen LogP contribution in [0.4, 0.5) is 0 Å². The van der Waals surface area contributed by atoms with E-state index < -0.39 is 12.6 Å². The molecule has 1 N–H and O–H groups in total. The van der Waals surface area contributed by atoms with Gasteiger partial charge in [0.05, 0.1) is 5.02 Å². The van der Waals surface area contributed by atoms with Crippen molar-refractivity contribution in [3.05, 3.63) is 28.2 Å². The number of benzene rings is 1. The summed E-state index contributed by atoms with van der Waals surface area (Å²) in [5.41, 5.74) is 0. The minimum Gasteiger partial charge on any atom is -0.480 e. The first kappa shape index (κ1) is 14.7. The van der Waals surface area contributed by atoms with Crippen LogP contribution in [0.25, 0.3) is 0 Å². The first-order chi connectivity index (χ1) is 7.51. The largest absolute Gasteiger partial charge is 0.480 e. The lowest BCUT2D eigenvalue weighted by molar-refractivity contribution is -0.139. The van der Waals surface area contributed by atoms with Crippen molar-refractivity contribution >= 4 is 35.5 Å². The van der Waals surface area contributed by atoms with Gasteiger partial charge in [-0.1, -0.05) is 23.2 Å². The van der Waals surface area contributed by atoms with E-state index in [0.29, 0.717) is 15.8 Å². The zero-order valence-electron chi connectivity index (χ0n) is 8.44. The average Bonchev–Trinajstić information content (AvgIpc) is 2.17. The van der Waals surface area contributed by atoms with Gasteiger partial charge in [-0.15, -0.1) is 0 Å². The molecule has 0 fully saturated rings. The lowest BCUT2D eigenvalue weighted by Gasteiger charge is -2.04. The molecule has 1 rings (SSSR count). The molecule has 16 heavy (non-hydrogen) atoms. The second kappa shape index (κ2) is 7.96. The highest BCUT2D eigenvalue weighted by Crippen LogP contribution is 2.27. The van der Waals surface area contributed by atoms with Crippen molar-refractivity contribution in [2.45, 2.75) is 6.92 Å². The van der Waals surface area contributed by atoms with Crippen molar-refractivity contribution in [2.75, 3.05) is 6.61 Å². The van der Waals surface area contributed by atoms with Gasteiger partial charge >= 0.3 is 5.97 Å². The monoisotopic (exact) mass is 264 g/mol. The molecule has 4 nitrogen and oxygen atoms in total. The van der Waals surface area contributed by atoms with Crippen LogP contribution in [0.15, 0.2) is 18.2 Å². The summed E-state index contributed by atoms with van der Waals surface area (Å²) in [6.07, 6.45) is 0.750. The van der Waals surface area contributed by atoms with Crippen molar-refractivity contribution in [3.8, 4) is 5.75 Å². The summed E-state index contributed by atoms with van der Waals surface area (Å²) in [6, 6.07) is 4.58. The molecule has 0 amide bonds. The van der Waals surface area contributed by atoms with Gasteiger partial charge in [0.15, 0.2) is 6.61 Å². The third kappa shape index (κ3) is 6.27. The fourth-order valence-electron chi connectivity index (χ4n) is 0.732. The smallest absolute Gasteiger partial charge is 0.341 e. The molecule has 1 aromatic carbocycles. The van der Waals surface area contributed by atoms with Crippen molar-refractivity contribution in [3.63, 3.8) is 0 Å². The van der Waals surface area contributed by atoms with Crippen LogP contribution in [-0.4, -0.2) is 24.0 Å². The molecule has 6 heteroatoms. The van der Waals surface area contributed by atoms with Gasteiger partial charge in [0.1, 0.15) is 12.0 Å². The first-order valence-corrected chi connectivity index (χ1v) is 4.96. The number of aldehydes is 1. The summed E-state index contributed by atoms with van der Waals surface area (Å²) in [5.74, 6) is -0.737. The van der Waals surface area contributed by atoms with Gasteiger partial charge < -0.3 is 14.6 Å². The highest BCUT2D eigenvalue weighted by Gasteiger charge is 2.04. The maximum absolute atomic E-state index is 10.2. The van der Waals surface area contributed by atoms with Gasteiger partial charge in [-0.2, -0.15) is 0 Å². The highest BCUT2D eigenvalue weighted by molar-refractivity contribution is 6.35. The Morgan fingerprint density at radius 1 is 1.50 bits per heavy atom. The number of carbonyl (C=O) groups is 2. The molecule has 0 saturated heterocycles. The molecule has 0 radical (unpaired) electrons. The Bertz CT molecular complexity index is 366. The number of carbonyl (C=O) groups excluding carboxylic acids is 1. The van der Waals surface area contributed by atoms with Crippen molar-refractivity contribution in [2.24, 2.45) is 0 Å². The highest BCUT2D eigenvalue weighted by atomic mass is 35.5. The first-order valence-electron chi connectivity index (χ1n) is 4.20. The fourth-order valence-corrected chi connectivity index (χ4v) is 1.19. The summed E-state index contributed by atoms with van der Waals surface area (Å²) in [5, 5.41) is 9.11. The van der Waals surface area contributed by atoms with Crippen LogP contribution in [-0.2, 0) is 9.59 Å². The average molecular weight is 265 g/mol. The number of rotatable bonds is 3. The molecule has 0 saturated carbocycles. The topological polar surface area (TPSA) is 63.6 Å². The second-order valence-electron chi connectivity index (χ2n) is 2.49. The number of ether oxygens (including phenoxy) is 1. The lowest BCUT2D eigenvalue weighted by Crippen LogP contribution is -2.09. The third-order valence-electron chi connectivity index (χ3n) is 1.25. The van der Waals surface area contributed by atoms with Crippen molar-refractivity contribution < 1.29 is 19.4 Å². The molecule has 1 aromatic rings. The Hall–Kier alpha value is -1.26. The molecule has 88 valence electrons. The van der Waals surface area contributed by atoms with Crippen LogP contribution >= 0.6 is 23.2 Å². The Morgan fingerprint density at radius 2 is 2.06 bits per heavy atom. The molecule has 0 bridgehead atoms. The van der Waals surface area contributed by atoms with E-state index in [0.717, 1.165) is 6.29 Å². The number of hydrogen-bond donors (Lipinski definition) is 1. The Labute approximate surface area is 103 Å². The molecule has 0 unspecified atom stereocenters. The van der Waals surface area contributed by atoms with E-state index in [1.165, 1.54) is 19.1 Å². The van der Waals surface area contributed by atoms with Gasteiger partial charge in [0, 0.05) is 5.02 Å². The van der Waals surface area contributed by atoms with Crippen molar-refractivity contribution in [1.29, 1.82) is 0 Å². The van der Waals surface area contributed by atoms with Gasteiger partial charge in [-0.25, -0.2) is 4.79 Å². The zero-order valence-corrected chi connectivity index (χ0v) is 9.96. The van der Waals surface area contributed by atoms with Gasteiger partial charge in [0.2, 0.25) is 0 Å². The Balaban J connectivity index is 0.000000673. The SMILES string of the molecule is CC=O.O=C(O)COc1ccc(Cl)cc1Cl. The second-order valence-corrected chi connectivity index (χ2v) is 3.34. The maximum Gasteiger partial charge on any atom is 0.341 e. The zero-order chi connectivity index (χ0) is 12.6. The van der Waals surface area contributed by atoms with E-state index in [9.17, 15) is 4.79 Å². The fraction of sp³-hybridized carbons (Fsp3) is 0.200. The standard InChI is InChI=1S/C8H6Cl2O3.C2H4O/c9-5-1-2-7(6(10)3-5)13-4-8(11)12;1-2-3/h1-3H,4H2,(H,11,12);2H,1H3. The normalized spacial score (nSPS) is 8.69. The molecule has 0 atom stereocenters. The van der Waals surface area contributed by atoms with Crippen LogP contribution in [0.1, 0.15) is 6.92 Å². The van der Waals surface area contributed by atoms with E-state index in [4.69, 9.17) is 37.8 Å². The molecular weight excluding hydrogens is 255 g/mol. The van der Waals surface area contributed by atoms with E-state index in [2.05, 4.69) is 0 Å². The minimum absolute atomic E-state index is 0.300. The number of aliphatic carboxylic acids is 1. The molecule has 0 heterocycles. The van der Waals surface area contributed by atoms with Crippen molar-refractivity contribution in [1.82, 2.24) is 0 Å². The van der Waals surface area contributed by atoms with E-state index in [1.807, 2.05) is 0 Å². The minimum atomic E-state index is -1.05. The summed E-state index contributed by atoms with van der Waals surface area (Å²) in [7, 11) is 0. The predicted octanol–water partition coefficient (Wildman–Crippen LogP) is 2.66. The molecule has 0 aromatic heterocycles. The summed E-state index contributed by atoms with van der Waals surface area (Å²) in [6.45, 7) is 1.03. The number of hydrogen-bond acceptors (Lipinski definition) is 3. The van der Waals surface area contributed by atoms with Gasteiger partial charge in [-0.05, 0) is 25.1 Å². The molecule has 0 aliphatic rings. The molecule has 0 aliphatic heterocycles. The van der Waals surface area contributed by atoms with E-state index in [1.54, 1.807) is 6.07 Å². The van der Waals surface area contributed by atoms with E-state index >= 15 is 0 Å². The maximum atomic E-state index is 10.2. The summed E-state index contributed by atoms with van der Waals surface area (Å²) >= 11 is 11.3. The molecular formula is C10H10Cl2O4. The number of halogens is 2. The molecule has 0 aliphatic carbocycles. The van der Waals surface area contributed by atoms with Crippen LogP contribution in [0.2, 0.25) is 10.0 Å². The van der Waals surface area contributed by atoms with Crippen LogP contribution in [0, 0.1) is 0 Å². The molecule has 0 spiro atoms. The predicted molar refractivity (Wildman–Crippen MR) is 61.3 cm³/mol. The van der Waals surface area contributed by atoms with Gasteiger partial charge in [-0.3, -0.25) is 0 Å². The third-order valence-corrected chi connectivity index (χ3v) is 1.78.